The highest BCUT2D eigenvalue weighted by Crippen LogP contribution is 2.51. The molecule has 4 atom stereocenters. The molecule has 1 saturated heterocycles. The van der Waals surface area contributed by atoms with Crippen LogP contribution in [0.25, 0.3) is 0 Å². The molecule has 0 bridgehead atoms. The van der Waals surface area contributed by atoms with Gasteiger partial charge in [-0.2, -0.15) is 18.2 Å². The lowest BCUT2D eigenvalue weighted by Crippen LogP contribution is -2.40. The van der Waals surface area contributed by atoms with Crippen molar-refractivity contribution in [2.24, 2.45) is 0 Å². The Morgan fingerprint density at radius 1 is 0.824 bits per heavy atom. The Kier molecular flexibility index (Phi) is 17.9. The SMILES string of the molecule is COc1ccc(C(OC[C@H]2O[C@@H](n3ccc(NC(=O)c4ccccc4)nc3=O)C[C@@H]2OP(OCCCCN(C)C(=O)C(F)(F)F)N(C(C)C)C(C)C)(c2ccccc2)c2ccc(OC)cc2)cc1. The first-order valence-electron chi connectivity index (χ1n) is 22.4. The smallest absolute Gasteiger partial charge is 0.471 e. The van der Waals surface area contributed by atoms with E-state index >= 15 is 0 Å². The van der Waals surface area contributed by atoms with Crippen LogP contribution in [-0.2, 0) is 28.9 Å². The summed E-state index contributed by atoms with van der Waals surface area (Å²) >= 11 is 0. The first kappa shape index (κ1) is 51.7. The lowest BCUT2D eigenvalue weighted by molar-refractivity contribution is -0.184. The quantitative estimate of drug-likeness (QED) is 0.0403. The van der Waals surface area contributed by atoms with Crippen LogP contribution in [0.3, 0.4) is 0 Å². The van der Waals surface area contributed by atoms with Crippen LogP contribution < -0.4 is 20.5 Å². The summed E-state index contributed by atoms with van der Waals surface area (Å²) in [5.41, 5.74) is 0.885. The van der Waals surface area contributed by atoms with Crippen LogP contribution in [0.1, 0.15) is 80.2 Å². The Morgan fingerprint density at radius 2 is 1.38 bits per heavy atom. The van der Waals surface area contributed by atoms with E-state index in [1.807, 2.05) is 107 Å². The van der Waals surface area contributed by atoms with E-state index in [4.69, 9.17) is 28.0 Å². The number of nitrogens with zero attached hydrogens (tertiary/aromatic N) is 4. The molecule has 4 aromatic carbocycles. The van der Waals surface area contributed by atoms with E-state index in [9.17, 15) is 27.6 Å². The number of aromatic nitrogens is 2. The van der Waals surface area contributed by atoms with E-state index in [1.54, 1.807) is 44.6 Å². The molecule has 2 heterocycles. The van der Waals surface area contributed by atoms with E-state index in [-0.39, 0.29) is 50.5 Å². The van der Waals surface area contributed by atoms with Gasteiger partial charge in [0.1, 0.15) is 35.2 Å². The van der Waals surface area contributed by atoms with Crippen molar-refractivity contribution < 1.29 is 50.8 Å². The van der Waals surface area contributed by atoms with E-state index < -0.39 is 56.2 Å². The first-order chi connectivity index (χ1) is 32.5. The van der Waals surface area contributed by atoms with Crippen LogP contribution in [0.4, 0.5) is 19.0 Å². The van der Waals surface area contributed by atoms with E-state index in [0.29, 0.717) is 28.4 Å². The third-order valence-electron chi connectivity index (χ3n) is 11.4. The second-order valence-electron chi connectivity index (χ2n) is 16.7. The highest BCUT2D eigenvalue weighted by atomic mass is 31.2. The zero-order valence-electron chi connectivity index (χ0n) is 39.2. The number of halogens is 3. The van der Waals surface area contributed by atoms with Crippen LogP contribution >= 0.6 is 8.53 Å². The number of carbonyl (C=O) groups excluding carboxylic acids is 2. The highest BCUT2D eigenvalue weighted by Gasteiger charge is 2.45. The zero-order chi connectivity index (χ0) is 49.0. The van der Waals surface area contributed by atoms with Crippen molar-refractivity contribution >= 4 is 26.2 Å². The molecule has 1 fully saturated rings. The molecule has 14 nitrogen and oxygen atoms in total. The molecule has 1 unspecified atom stereocenters. The maximum atomic E-state index is 13.8. The van der Waals surface area contributed by atoms with E-state index in [0.717, 1.165) is 23.7 Å². The summed E-state index contributed by atoms with van der Waals surface area (Å²) in [5, 5.41) is 2.69. The number of hydrogen-bond donors (Lipinski definition) is 1. The highest BCUT2D eigenvalue weighted by molar-refractivity contribution is 7.44. The number of amides is 2. The molecule has 1 aromatic heterocycles. The van der Waals surface area contributed by atoms with Crippen molar-refractivity contribution in [3.63, 3.8) is 0 Å². The summed E-state index contributed by atoms with van der Waals surface area (Å²) in [5.74, 6) is -0.965. The van der Waals surface area contributed by atoms with Crippen LogP contribution in [0.5, 0.6) is 11.5 Å². The molecule has 0 saturated carbocycles. The average molecular weight is 962 g/mol. The second kappa shape index (κ2) is 23.6. The standard InChI is InChI=1S/C50H59F3N5O9P/c1-34(2)58(35(3)4)68(65-31-15-14-29-56(5)47(60)50(51,52)53)67-42-32-45(57-30-28-44(55-48(57)61)54-46(59)36-16-10-8-11-17-36)66-43(42)33-64-49(37-18-12-9-13-19-37,38-20-24-40(62-6)25-21-38)39-22-26-41(63-7)27-23-39/h8-13,16-28,30,34-35,42-43,45H,14-15,29,31-33H2,1-7H3,(H,54,55,59,61)/t42-,43+,45+,68?/m0/s1. The summed E-state index contributed by atoms with van der Waals surface area (Å²) in [6.45, 7) is 7.99. The summed E-state index contributed by atoms with van der Waals surface area (Å²) in [6.07, 6.45) is -5.15. The number of alkyl halides is 3. The average Bonchev–Trinajstić information content (AvgIpc) is 3.73. The maximum absolute atomic E-state index is 13.8. The third-order valence-corrected chi connectivity index (χ3v) is 13.5. The molecule has 1 N–H and O–H groups in total. The molecule has 68 heavy (non-hydrogen) atoms. The van der Waals surface area contributed by atoms with Gasteiger partial charge in [0.05, 0.1) is 33.5 Å². The van der Waals surface area contributed by atoms with Gasteiger partial charge in [0.15, 0.2) is 0 Å². The number of carbonyl (C=O) groups is 2. The van der Waals surface area contributed by atoms with E-state index in [2.05, 4.69) is 15.0 Å². The van der Waals surface area contributed by atoms with Gasteiger partial charge in [-0.1, -0.05) is 72.8 Å². The van der Waals surface area contributed by atoms with Crippen LogP contribution in [0.2, 0.25) is 0 Å². The topological polar surface area (TPSA) is 143 Å². The van der Waals surface area contributed by atoms with Crippen LogP contribution in [0, 0.1) is 0 Å². The van der Waals surface area contributed by atoms with Gasteiger partial charge in [0.25, 0.3) is 14.4 Å². The molecule has 6 rings (SSSR count). The normalized spacial score (nSPS) is 16.8. The Hall–Kier alpha value is -5.68. The minimum atomic E-state index is -4.96. The summed E-state index contributed by atoms with van der Waals surface area (Å²) < 4.78 is 81.2. The maximum Gasteiger partial charge on any atom is 0.471 e. The molecular weight excluding hydrogens is 903 g/mol. The van der Waals surface area contributed by atoms with Gasteiger partial charge in [-0.3, -0.25) is 14.2 Å². The lowest BCUT2D eigenvalue weighted by atomic mass is 9.80. The fourth-order valence-electron chi connectivity index (χ4n) is 8.05. The number of methoxy groups -OCH3 is 2. The third kappa shape index (κ3) is 12.7. The molecular formula is C50H59F3N5O9P. The van der Waals surface area contributed by atoms with E-state index in [1.165, 1.54) is 16.8 Å². The summed E-state index contributed by atoms with van der Waals surface area (Å²) in [4.78, 5) is 43.3. The number of nitrogens with one attached hydrogen (secondary N) is 1. The van der Waals surface area contributed by atoms with Gasteiger partial charge < -0.3 is 38.2 Å². The van der Waals surface area contributed by atoms with Crippen LogP contribution in [-0.4, -0.2) is 102 Å². The molecule has 2 amide bonds. The van der Waals surface area contributed by atoms with Gasteiger partial charge >= 0.3 is 17.8 Å². The Balaban J connectivity index is 1.35. The lowest BCUT2D eigenvalue weighted by Gasteiger charge is -2.39. The summed E-state index contributed by atoms with van der Waals surface area (Å²) in [6, 6.07) is 34.9. The van der Waals surface area contributed by atoms with Gasteiger partial charge in [0, 0.05) is 43.9 Å². The predicted molar refractivity (Wildman–Crippen MR) is 252 cm³/mol. The second-order valence-corrected chi connectivity index (χ2v) is 18.1. The number of anilines is 1. The predicted octanol–water partition coefficient (Wildman–Crippen LogP) is 9.36. The van der Waals surface area contributed by atoms with Crippen molar-refractivity contribution in [1.29, 1.82) is 0 Å². The van der Waals surface area contributed by atoms with Crippen molar-refractivity contribution in [3.8, 4) is 11.5 Å². The van der Waals surface area contributed by atoms with Gasteiger partial charge in [-0.05, 0) is 99.7 Å². The number of ether oxygens (including phenoxy) is 4. The molecule has 0 radical (unpaired) electrons. The largest absolute Gasteiger partial charge is 0.497 e. The monoisotopic (exact) mass is 961 g/mol. The van der Waals surface area contributed by atoms with Crippen LogP contribution in [0.15, 0.2) is 126 Å². The van der Waals surface area contributed by atoms with Gasteiger partial charge in [0.2, 0.25) is 0 Å². The molecule has 5 aromatic rings. The van der Waals surface area contributed by atoms with Crippen molar-refractivity contribution in [3.05, 3.63) is 154 Å². The minimum absolute atomic E-state index is 0.0619. The number of unbranched alkanes of at least 4 members (excludes halogenated alkanes) is 1. The van der Waals surface area contributed by atoms with Crippen molar-refractivity contribution in [2.75, 3.05) is 46.3 Å². The Morgan fingerprint density at radius 3 is 1.91 bits per heavy atom. The number of benzene rings is 4. The number of hydrogen-bond acceptors (Lipinski definition) is 11. The first-order valence-corrected chi connectivity index (χ1v) is 23.5. The molecule has 0 spiro atoms. The van der Waals surface area contributed by atoms with Gasteiger partial charge in [-0.15, -0.1) is 0 Å². The number of rotatable bonds is 22. The molecule has 364 valence electrons. The fraction of sp³-hybridized carbons (Fsp3) is 0.400. The molecule has 0 aliphatic carbocycles. The van der Waals surface area contributed by atoms with Gasteiger partial charge in [-0.25, -0.2) is 9.46 Å². The molecule has 1 aliphatic rings. The zero-order valence-corrected chi connectivity index (χ0v) is 40.1. The minimum Gasteiger partial charge on any atom is -0.497 e. The molecule has 1 aliphatic heterocycles. The fourth-order valence-corrected chi connectivity index (χ4v) is 9.84. The van der Waals surface area contributed by atoms with Crippen molar-refractivity contribution in [2.45, 2.75) is 89.3 Å². The Bertz CT molecular complexity index is 2390. The Labute approximate surface area is 396 Å². The summed E-state index contributed by atoms with van der Waals surface area (Å²) in [7, 11) is 2.46. The van der Waals surface area contributed by atoms with Crippen molar-refractivity contribution in [1.82, 2.24) is 19.1 Å². The molecule has 18 heteroatoms.